The van der Waals surface area contributed by atoms with Crippen LogP contribution in [0.25, 0.3) is 0 Å². The van der Waals surface area contributed by atoms with Crippen molar-refractivity contribution in [1.29, 1.82) is 0 Å². The number of imide groups is 1. The number of fused-ring (bicyclic) bond motifs is 1. The van der Waals surface area contributed by atoms with E-state index < -0.39 is 17.7 Å². The zero-order valence-corrected chi connectivity index (χ0v) is 13.2. The Morgan fingerprint density at radius 1 is 1.00 bits per heavy atom. The molecule has 0 fully saturated rings. The Morgan fingerprint density at radius 3 is 2.20 bits per heavy atom. The topological polar surface area (TPSA) is 75.7 Å². The number of hydrogen-bond acceptors (Lipinski definition) is 4. The van der Waals surface area contributed by atoms with Crippen LogP contribution in [0.5, 0.6) is 5.75 Å². The van der Waals surface area contributed by atoms with Crippen LogP contribution in [0.15, 0.2) is 48.5 Å². The molecule has 0 spiro atoms. The average Bonchev–Trinajstić information content (AvgIpc) is 2.86. The molecule has 1 aliphatic rings. The molecule has 0 aromatic heterocycles. The molecule has 6 nitrogen and oxygen atoms in total. The number of carbonyl (C=O) groups is 3. The third-order valence-electron chi connectivity index (χ3n) is 3.69. The molecule has 3 amide bonds. The van der Waals surface area contributed by atoms with Crippen LogP contribution in [-0.2, 0) is 4.79 Å². The van der Waals surface area contributed by atoms with Gasteiger partial charge in [0.05, 0.1) is 17.7 Å². The molecule has 2 aromatic carbocycles. The van der Waals surface area contributed by atoms with Crippen LogP contribution in [0.1, 0.15) is 20.7 Å². The molecule has 0 saturated heterocycles. The summed E-state index contributed by atoms with van der Waals surface area (Å²) in [6.07, 6.45) is 0. The fraction of sp³-hybridized carbons (Fsp3) is 0.167. The zero-order chi connectivity index (χ0) is 17.8. The molecule has 7 heteroatoms. The Hall–Kier alpha value is -3.22. The minimum absolute atomic E-state index is 0.180. The van der Waals surface area contributed by atoms with Gasteiger partial charge in [-0.3, -0.25) is 19.3 Å². The Morgan fingerprint density at radius 2 is 1.60 bits per heavy atom. The van der Waals surface area contributed by atoms with E-state index >= 15 is 0 Å². The number of benzene rings is 2. The fourth-order valence-electron chi connectivity index (χ4n) is 2.47. The molecule has 25 heavy (non-hydrogen) atoms. The second kappa shape index (κ2) is 7.12. The molecular weight excluding hydrogens is 327 g/mol. The third-order valence-corrected chi connectivity index (χ3v) is 3.69. The number of halogens is 1. The molecule has 1 N–H and O–H groups in total. The number of nitrogens with one attached hydrogen (secondary N) is 1. The number of rotatable bonds is 6. The smallest absolute Gasteiger partial charge is 0.262 e. The first-order chi connectivity index (χ1) is 12.1. The van der Waals surface area contributed by atoms with Crippen molar-refractivity contribution in [3.63, 3.8) is 0 Å². The monoisotopic (exact) mass is 342 g/mol. The van der Waals surface area contributed by atoms with Crippen molar-refractivity contribution in [3.8, 4) is 5.75 Å². The molecule has 0 bridgehead atoms. The van der Waals surface area contributed by atoms with Crippen molar-refractivity contribution >= 4 is 17.7 Å². The van der Waals surface area contributed by atoms with Crippen molar-refractivity contribution < 1.29 is 23.5 Å². The summed E-state index contributed by atoms with van der Waals surface area (Å²) >= 11 is 0. The van der Waals surface area contributed by atoms with Crippen molar-refractivity contribution in [2.24, 2.45) is 0 Å². The van der Waals surface area contributed by atoms with Gasteiger partial charge in [0.2, 0.25) is 5.91 Å². The summed E-state index contributed by atoms with van der Waals surface area (Å²) in [5.41, 5.74) is 0.611. The summed E-state index contributed by atoms with van der Waals surface area (Å²) in [6, 6.07) is 12.0. The quantitative estimate of drug-likeness (QED) is 0.639. The lowest BCUT2D eigenvalue weighted by Crippen LogP contribution is -2.41. The first-order valence-corrected chi connectivity index (χ1v) is 7.66. The van der Waals surface area contributed by atoms with Crippen LogP contribution in [0.3, 0.4) is 0 Å². The lowest BCUT2D eigenvalue weighted by atomic mass is 10.1. The van der Waals surface area contributed by atoms with E-state index in [1.165, 1.54) is 24.3 Å². The van der Waals surface area contributed by atoms with Gasteiger partial charge in [-0.1, -0.05) is 12.1 Å². The van der Waals surface area contributed by atoms with Crippen LogP contribution < -0.4 is 10.1 Å². The Balaban J connectivity index is 1.46. The SMILES string of the molecule is O=C(CN1C(=O)c2ccccc2C1=O)NCCOc1ccc(F)cc1. The lowest BCUT2D eigenvalue weighted by molar-refractivity contribution is -0.121. The highest BCUT2D eigenvalue weighted by Gasteiger charge is 2.36. The molecule has 128 valence electrons. The summed E-state index contributed by atoms with van der Waals surface area (Å²) in [7, 11) is 0. The Bertz CT molecular complexity index is 785. The van der Waals surface area contributed by atoms with Crippen molar-refractivity contribution in [2.45, 2.75) is 0 Å². The van der Waals surface area contributed by atoms with Crippen LogP contribution >= 0.6 is 0 Å². The predicted molar refractivity (Wildman–Crippen MR) is 86.7 cm³/mol. The first kappa shape index (κ1) is 16.6. The van der Waals surface area contributed by atoms with Crippen LogP contribution in [0, 0.1) is 5.82 Å². The molecule has 1 heterocycles. The van der Waals surface area contributed by atoms with Gasteiger partial charge < -0.3 is 10.1 Å². The van der Waals surface area contributed by atoms with E-state index in [4.69, 9.17) is 4.74 Å². The molecule has 2 aromatic rings. The minimum atomic E-state index is -0.474. The maximum Gasteiger partial charge on any atom is 0.262 e. The summed E-state index contributed by atoms with van der Waals surface area (Å²) in [5.74, 6) is -1.29. The van der Waals surface area contributed by atoms with Gasteiger partial charge in [-0.15, -0.1) is 0 Å². The third kappa shape index (κ3) is 3.65. The molecule has 0 radical (unpaired) electrons. The summed E-state index contributed by atoms with van der Waals surface area (Å²) in [4.78, 5) is 37.2. The van der Waals surface area contributed by atoms with E-state index in [0.29, 0.717) is 16.9 Å². The van der Waals surface area contributed by atoms with E-state index in [2.05, 4.69) is 5.32 Å². The maximum absolute atomic E-state index is 12.8. The molecule has 0 aliphatic carbocycles. The average molecular weight is 342 g/mol. The van der Waals surface area contributed by atoms with E-state index in [9.17, 15) is 18.8 Å². The molecule has 0 saturated carbocycles. The summed E-state index contributed by atoms with van der Waals surface area (Å²) in [6.45, 7) is 0.0295. The normalized spacial score (nSPS) is 12.9. The number of carbonyl (C=O) groups excluding carboxylic acids is 3. The van der Waals surface area contributed by atoms with Crippen molar-refractivity contribution in [3.05, 3.63) is 65.5 Å². The highest BCUT2D eigenvalue weighted by molar-refractivity contribution is 6.22. The Labute approximate surface area is 143 Å². The van der Waals surface area contributed by atoms with E-state index in [1.807, 2.05) is 0 Å². The van der Waals surface area contributed by atoms with Gasteiger partial charge in [-0.25, -0.2) is 4.39 Å². The molecule has 1 aliphatic heterocycles. The standard InChI is InChI=1S/C18H15FN2O4/c19-12-5-7-13(8-6-12)25-10-9-20-16(22)11-21-17(23)14-3-1-2-4-15(14)18(21)24/h1-8H,9-11H2,(H,20,22). The van der Waals surface area contributed by atoms with E-state index in [0.717, 1.165) is 4.90 Å². The summed E-state index contributed by atoms with van der Waals surface area (Å²) in [5, 5.41) is 2.57. The number of nitrogens with zero attached hydrogens (tertiary/aromatic N) is 1. The van der Waals surface area contributed by atoms with Crippen LogP contribution in [0.4, 0.5) is 4.39 Å². The predicted octanol–water partition coefficient (Wildman–Crippen LogP) is 1.62. The molecular formula is C18H15FN2O4. The molecule has 0 atom stereocenters. The second-order valence-electron chi connectivity index (χ2n) is 5.39. The Kier molecular flexibility index (Phi) is 4.74. The number of amides is 3. The molecule has 3 rings (SSSR count). The largest absolute Gasteiger partial charge is 0.492 e. The van der Waals surface area contributed by atoms with E-state index in [-0.39, 0.29) is 25.5 Å². The highest BCUT2D eigenvalue weighted by atomic mass is 19.1. The lowest BCUT2D eigenvalue weighted by Gasteiger charge is -2.13. The zero-order valence-electron chi connectivity index (χ0n) is 13.2. The first-order valence-electron chi connectivity index (χ1n) is 7.66. The van der Waals surface area contributed by atoms with Crippen LogP contribution in [-0.4, -0.2) is 42.3 Å². The van der Waals surface area contributed by atoms with Gasteiger partial charge in [0.25, 0.3) is 11.8 Å². The van der Waals surface area contributed by atoms with Gasteiger partial charge in [0.15, 0.2) is 0 Å². The minimum Gasteiger partial charge on any atom is -0.492 e. The second-order valence-corrected chi connectivity index (χ2v) is 5.39. The highest BCUT2D eigenvalue weighted by Crippen LogP contribution is 2.21. The van der Waals surface area contributed by atoms with Gasteiger partial charge in [0.1, 0.15) is 24.7 Å². The number of hydrogen-bond donors (Lipinski definition) is 1. The van der Waals surface area contributed by atoms with Crippen molar-refractivity contribution in [2.75, 3.05) is 19.7 Å². The maximum atomic E-state index is 12.8. The van der Waals surface area contributed by atoms with Gasteiger partial charge in [-0.2, -0.15) is 0 Å². The van der Waals surface area contributed by atoms with E-state index in [1.54, 1.807) is 24.3 Å². The van der Waals surface area contributed by atoms with Crippen molar-refractivity contribution in [1.82, 2.24) is 10.2 Å². The van der Waals surface area contributed by atoms with Crippen LogP contribution in [0.2, 0.25) is 0 Å². The van der Waals surface area contributed by atoms with Gasteiger partial charge in [-0.05, 0) is 36.4 Å². The fourth-order valence-corrected chi connectivity index (χ4v) is 2.47. The summed E-state index contributed by atoms with van der Waals surface area (Å²) < 4.78 is 18.1. The van der Waals surface area contributed by atoms with Gasteiger partial charge in [0, 0.05) is 0 Å². The number of ether oxygens (including phenoxy) is 1. The molecule has 0 unspecified atom stereocenters. The van der Waals surface area contributed by atoms with Gasteiger partial charge >= 0.3 is 0 Å².